The zero-order chi connectivity index (χ0) is 37.3. The maximum atomic E-state index is 11.6. The molecule has 268 valence electrons. The van der Waals surface area contributed by atoms with Crippen LogP contribution in [0.15, 0.2) is 85.0 Å². The second kappa shape index (κ2) is 25.6. The predicted molar refractivity (Wildman–Crippen MR) is 192 cm³/mol. The first kappa shape index (κ1) is 45.6. The first-order chi connectivity index (χ1) is 23.0. The van der Waals surface area contributed by atoms with E-state index in [-0.39, 0.29) is 32.0 Å². The van der Waals surface area contributed by atoms with Crippen LogP contribution in [0.5, 0.6) is 0 Å². The molecule has 2 rings (SSSR count). The van der Waals surface area contributed by atoms with Crippen molar-refractivity contribution in [3.63, 3.8) is 0 Å². The van der Waals surface area contributed by atoms with Crippen molar-refractivity contribution in [2.24, 2.45) is 10.8 Å². The average molecular weight is 784 g/mol. The van der Waals surface area contributed by atoms with E-state index < -0.39 is 36.1 Å². The summed E-state index contributed by atoms with van der Waals surface area (Å²) in [6.07, 6.45) is 11.0. The van der Waals surface area contributed by atoms with E-state index in [1.165, 1.54) is 32.1 Å². The van der Waals surface area contributed by atoms with Gasteiger partial charge in [0.25, 0.3) is 0 Å². The molecule has 0 radical (unpaired) electrons. The van der Waals surface area contributed by atoms with Crippen molar-refractivity contribution in [1.82, 2.24) is 0 Å². The third-order valence-electron chi connectivity index (χ3n) is 6.87. The quantitative estimate of drug-likeness (QED) is 0.0759. The molecule has 0 aliphatic heterocycles. The van der Waals surface area contributed by atoms with Gasteiger partial charge < -0.3 is 29.3 Å². The van der Waals surface area contributed by atoms with Gasteiger partial charge in [0, 0.05) is 23.0 Å². The minimum atomic E-state index is -1.43. The Morgan fingerprint density at radius 3 is 1.29 bits per heavy atom. The van der Waals surface area contributed by atoms with Gasteiger partial charge in [-0.25, -0.2) is 9.59 Å². The number of aliphatic carboxylic acids is 2. The van der Waals surface area contributed by atoms with E-state index in [1.807, 2.05) is 102 Å². The fraction of sp³-hybridized carbons (Fsp3) is 0.500. The molecule has 2 atom stereocenters. The molecule has 0 heterocycles. The summed E-state index contributed by atoms with van der Waals surface area (Å²) >= 11 is 0.127. The van der Waals surface area contributed by atoms with Crippen molar-refractivity contribution in [2.45, 2.75) is 115 Å². The summed E-state index contributed by atoms with van der Waals surface area (Å²) in [6, 6.07) is 18.7. The maximum absolute atomic E-state index is 11.6. The zero-order valence-corrected chi connectivity index (χ0v) is 33.5. The Labute approximate surface area is 304 Å². The molecule has 0 aliphatic rings. The molecule has 49 heavy (non-hydrogen) atoms. The van der Waals surface area contributed by atoms with Crippen molar-refractivity contribution < 1.29 is 38.9 Å². The number of hydrogen-bond donors (Lipinski definition) is 0. The fourth-order valence-electron chi connectivity index (χ4n) is 4.43. The van der Waals surface area contributed by atoms with Crippen LogP contribution < -0.4 is 10.2 Å². The fourth-order valence-corrected chi connectivity index (χ4v) is 8.30. The number of benzene rings is 2. The van der Waals surface area contributed by atoms with Crippen LogP contribution in [0.25, 0.3) is 0 Å². The number of ether oxygens (including phenoxy) is 2. The first-order valence-electron chi connectivity index (χ1n) is 17.0. The van der Waals surface area contributed by atoms with Crippen molar-refractivity contribution in [3.05, 3.63) is 96.1 Å². The molecular formula is C40H56O8Sn. The van der Waals surface area contributed by atoms with Crippen LogP contribution in [-0.4, -0.2) is 45.0 Å². The summed E-state index contributed by atoms with van der Waals surface area (Å²) in [4.78, 5) is 43.7. The molecule has 0 spiro atoms. The third-order valence-corrected chi connectivity index (χ3v) is 10.9. The van der Waals surface area contributed by atoms with E-state index in [4.69, 9.17) is 9.47 Å². The molecule has 0 fully saturated rings. The summed E-state index contributed by atoms with van der Waals surface area (Å²) in [7, 11) is 0. The van der Waals surface area contributed by atoms with Gasteiger partial charge >= 0.3 is 94.3 Å². The Kier molecular flexibility index (Phi) is 23.8. The van der Waals surface area contributed by atoms with Gasteiger partial charge in [0.2, 0.25) is 0 Å². The zero-order valence-electron chi connectivity index (χ0n) is 30.7. The summed E-state index contributed by atoms with van der Waals surface area (Å²) in [5.41, 5.74) is 1.13. The molecule has 9 heteroatoms. The molecule has 0 saturated heterocycles. The molecule has 0 amide bonds. The molecule has 2 unspecified atom stereocenters. The molecule has 0 N–H and O–H groups in total. The molecule has 0 saturated carbocycles. The van der Waals surface area contributed by atoms with Gasteiger partial charge in [-0.3, -0.25) is 0 Å². The monoisotopic (exact) mass is 784 g/mol. The number of rotatable bonds is 16. The van der Waals surface area contributed by atoms with E-state index in [2.05, 4.69) is 13.8 Å². The molecular weight excluding hydrogens is 727 g/mol. The van der Waals surface area contributed by atoms with Crippen molar-refractivity contribution in [2.75, 3.05) is 0 Å². The van der Waals surface area contributed by atoms with E-state index in [1.54, 1.807) is 15.3 Å². The number of carboxylic acid groups (broad SMARTS) is 2. The number of carbonyl (C=O) groups excluding carboxylic acids is 4. The number of carboxylic acids is 2. The van der Waals surface area contributed by atoms with Crippen LogP contribution in [0.2, 0.25) is 8.87 Å². The van der Waals surface area contributed by atoms with Gasteiger partial charge in [-0.2, -0.15) is 0 Å². The van der Waals surface area contributed by atoms with E-state index >= 15 is 0 Å². The second-order valence-corrected chi connectivity index (χ2v) is 17.9. The van der Waals surface area contributed by atoms with E-state index in [0.717, 1.165) is 23.3 Å². The Balaban J connectivity index is 0.000000734. The van der Waals surface area contributed by atoms with Crippen LogP contribution in [0.4, 0.5) is 0 Å². The van der Waals surface area contributed by atoms with Crippen LogP contribution in [0.1, 0.15) is 117 Å². The number of hydrogen-bond acceptors (Lipinski definition) is 8. The summed E-state index contributed by atoms with van der Waals surface area (Å²) in [5.74, 6) is -4.26. The Morgan fingerprint density at radius 2 is 0.959 bits per heavy atom. The summed E-state index contributed by atoms with van der Waals surface area (Å²) in [6.45, 7) is 16.3. The topological polar surface area (TPSA) is 133 Å². The Bertz CT molecular complexity index is 1180. The van der Waals surface area contributed by atoms with Gasteiger partial charge in [0.05, 0.1) is 11.9 Å². The van der Waals surface area contributed by atoms with Crippen LogP contribution >= 0.6 is 0 Å². The molecule has 0 bridgehead atoms. The van der Waals surface area contributed by atoms with Crippen molar-refractivity contribution in [3.8, 4) is 0 Å². The van der Waals surface area contributed by atoms with Gasteiger partial charge in [-0.15, -0.1) is 0 Å². The molecule has 2 aromatic carbocycles. The van der Waals surface area contributed by atoms with Crippen LogP contribution in [0.3, 0.4) is 0 Å². The van der Waals surface area contributed by atoms with Gasteiger partial charge in [-0.1, -0.05) is 102 Å². The molecule has 0 aliphatic carbocycles. The Hall–Kier alpha value is -3.40. The van der Waals surface area contributed by atoms with Gasteiger partial charge in [0.15, 0.2) is 0 Å². The van der Waals surface area contributed by atoms with Crippen molar-refractivity contribution in [1.29, 1.82) is 0 Å². The first-order valence-corrected chi connectivity index (χ1v) is 21.1. The summed E-state index contributed by atoms with van der Waals surface area (Å²) < 4.78 is 13.9. The van der Waals surface area contributed by atoms with Gasteiger partial charge in [0.1, 0.15) is 12.2 Å². The van der Waals surface area contributed by atoms with Crippen molar-refractivity contribution >= 4 is 45.0 Å². The van der Waals surface area contributed by atoms with Crippen LogP contribution in [-0.2, 0) is 28.7 Å². The Morgan fingerprint density at radius 1 is 0.592 bits per heavy atom. The minimum absolute atomic E-state index is 0.127. The second-order valence-electron chi connectivity index (χ2n) is 13.7. The molecule has 2 aromatic rings. The third kappa shape index (κ3) is 23.6. The standard InChI is InChI=1S/2C15H18O4.C6H13.C4H9.Sn/c2*1-15(2,3)14(11-7-5-4-6-8-11)19-13(18)10-9-12(16)17;1-3-5-6-4-2;1-3-4-2;/h2*4-10,14H,1-3H3,(H,16,17);1,3-6H2,2H3;1,3-4H2,2H3;/q;;;;+2/p-2/b2*10-9-;;;. The molecule has 0 aromatic heterocycles. The SMILES string of the molecule is CC(C)(C)C(OC(=O)/C=C\C(=O)[O-])c1ccccc1.CC(C)(C)C(OC(=O)/C=C\C(=O)[O-])c1ccccc1.CCCCC[CH2][Sn+2][CH2]CCC. The van der Waals surface area contributed by atoms with Crippen LogP contribution in [0, 0.1) is 10.8 Å². The normalized spacial score (nSPS) is 12.4. The number of carbonyl (C=O) groups is 4. The predicted octanol–water partition coefficient (Wildman–Crippen LogP) is 7.15. The van der Waals surface area contributed by atoms with E-state index in [0.29, 0.717) is 12.2 Å². The summed E-state index contributed by atoms with van der Waals surface area (Å²) in [5, 5.41) is 20.5. The number of unbranched alkanes of at least 4 members (excludes halogenated alkanes) is 4. The number of esters is 2. The average Bonchev–Trinajstić information content (AvgIpc) is 3.04. The van der Waals surface area contributed by atoms with E-state index in [9.17, 15) is 29.4 Å². The molecule has 8 nitrogen and oxygen atoms in total. The van der Waals surface area contributed by atoms with Gasteiger partial charge in [-0.05, 0) is 23.3 Å².